The highest BCUT2D eigenvalue weighted by atomic mass is 16.3. The average molecular weight is 199 g/mol. The summed E-state index contributed by atoms with van der Waals surface area (Å²) in [5.41, 5.74) is 3.90. The van der Waals surface area contributed by atoms with Gasteiger partial charge in [0.2, 0.25) is 5.91 Å². The van der Waals surface area contributed by atoms with Crippen molar-refractivity contribution < 1.29 is 9.90 Å². The number of hydrogen-bond acceptors (Lipinski definition) is 2. The zero-order valence-electron chi connectivity index (χ0n) is 9.55. The monoisotopic (exact) mass is 199 g/mol. The van der Waals surface area contributed by atoms with Crippen molar-refractivity contribution in [1.82, 2.24) is 0 Å². The molecule has 1 aliphatic carbocycles. The molecule has 14 heavy (non-hydrogen) atoms. The van der Waals surface area contributed by atoms with Gasteiger partial charge in [0.15, 0.2) is 0 Å². The lowest BCUT2D eigenvalue weighted by Crippen LogP contribution is -2.53. The summed E-state index contributed by atoms with van der Waals surface area (Å²) >= 11 is 0. The molecule has 1 aliphatic rings. The molecule has 82 valence electrons. The second kappa shape index (κ2) is 2.96. The Hall–Kier alpha value is -0.570. The third-order valence-electron chi connectivity index (χ3n) is 2.96. The van der Waals surface area contributed by atoms with Crippen LogP contribution < -0.4 is 5.73 Å². The van der Waals surface area contributed by atoms with Crippen molar-refractivity contribution in [3.8, 4) is 0 Å². The van der Waals surface area contributed by atoms with Crippen LogP contribution in [0.2, 0.25) is 0 Å². The minimum atomic E-state index is -1.31. The molecule has 0 bridgehead atoms. The molecule has 0 saturated heterocycles. The molecule has 3 heteroatoms. The van der Waals surface area contributed by atoms with Crippen LogP contribution in [-0.4, -0.2) is 16.6 Å². The molecule has 0 spiro atoms. The Balaban J connectivity index is 2.97. The standard InChI is InChI=1S/C11H21NO2/c1-9(2)5-10(3,4)7-11(14,6-9)8(12)13/h14H,5-7H2,1-4H3,(H2,12,13). The van der Waals surface area contributed by atoms with Crippen molar-refractivity contribution >= 4 is 5.91 Å². The van der Waals surface area contributed by atoms with Gasteiger partial charge in [-0.25, -0.2) is 0 Å². The lowest BCUT2D eigenvalue weighted by molar-refractivity contribution is -0.151. The summed E-state index contributed by atoms with van der Waals surface area (Å²) in [5.74, 6) is -0.585. The lowest BCUT2D eigenvalue weighted by atomic mass is 9.59. The summed E-state index contributed by atoms with van der Waals surface area (Å²) in [4.78, 5) is 11.2. The summed E-state index contributed by atoms with van der Waals surface area (Å²) in [6.45, 7) is 8.28. The second-order valence-corrected chi connectivity index (χ2v) is 6.25. The molecule has 0 heterocycles. The van der Waals surface area contributed by atoms with E-state index in [4.69, 9.17) is 5.73 Å². The molecule has 0 aromatic heterocycles. The van der Waals surface area contributed by atoms with Crippen molar-refractivity contribution in [3.63, 3.8) is 0 Å². The van der Waals surface area contributed by atoms with E-state index in [0.717, 1.165) is 6.42 Å². The SMILES string of the molecule is CC1(C)CC(C)(C)CC(O)(C(N)=O)C1. The molecular formula is C11H21NO2. The summed E-state index contributed by atoms with van der Waals surface area (Å²) in [5, 5.41) is 10.1. The number of primary amides is 1. The van der Waals surface area contributed by atoms with Crippen LogP contribution in [0.3, 0.4) is 0 Å². The highest BCUT2D eigenvalue weighted by Crippen LogP contribution is 2.49. The Labute approximate surface area is 85.7 Å². The van der Waals surface area contributed by atoms with Gasteiger partial charge in [0, 0.05) is 0 Å². The molecule has 1 fully saturated rings. The molecule has 1 saturated carbocycles. The van der Waals surface area contributed by atoms with Crippen molar-refractivity contribution in [2.24, 2.45) is 16.6 Å². The normalized spacial score (nSPS) is 28.4. The van der Waals surface area contributed by atoms with Gasteiger partial charge in [-0.3, -0.25) is 4.79 Å². The fourth-order valence-electron chi connectivity index (χ4n) is 3.24. The largest absolute Gasteiger partial charge is 0.380 e. The van der Waals surface area contributed by atoms with Crippen LogP contribution >= 0.6 is 0 Å². The number of amides is 1. The molecular weight excluding hydrogens is 178 g/mol. The van der Waals surface area contributed by atoms with Gasteiger partial charge in [-0.2, -0.15) is 0 Å². The fraction of sp³-hybridized carbons (Fsp3) is 0.909. The molecule has 0 aliphatic heterocycles. The first-order valence-corrected chi connectivity index (χ1v) is 5.09. The van der Waals surface area contributed by atoms with E-state index in [2.05, 4.69) is 27.7 Å². The molecule has 0 atom stereocenters. The third-order valence-corrected chi connectivity index (χ3v) is 2.96. The smallest absolute Gasteiger partial charge is 0.249 e. The average Bonchev–Trinajstić information content (AvgIpc) is 1.76. The highest BCUT2D eigenvalue weighted by molar-refractivity contribution is 5.83. The van der Waals surface area contributed by atoms with E-state index in [-0.39, 0.29) is 10.8 Å². The predicted molar refractivity (Wildman–Crippen MR) is 55.6 cm³/mol. The number of hydrogen-bond donors (Lipinski definition) is 2. The first-order chi connectivity index (χ1) is 6.06. The maximum absolute atomic E-state index is 11.2. The molecule has 0 radical (unpaired) electrons. The molecule has 3 N–H and O–H groups in total. The van der Waals surface area contributed by atoms with E-state index in [1.165, 1.54) is 0 Å². The summed E-state index contributed by atoms with van der Waals surface area (Å²) < 4.78 is 0. The number of carbonyl (C=O) groups is 1. The number of nitrogens with two attached hydrogens (primary N) is 1. The predicted octanol–water partition coefficient (Wildman–Crippen LogP) is 1.44. The van der Waals surface area contributed by atoms with Crippen LogP contribution in [0, 0.1) is 10.8 Å². The minimum absolute atomic E-state index is 0.0223. The van der Waals surface area contributed by atoms with Crippen molar-refractivity contribution in [1.29, 1.82) is 0 Å². The lowest BCUT2D eigenvalue weighted by Gasteiger charge is -2.48. The maximum Gasteiger partial charge on any atom is 0.249 e. The van der Waals surface area contributed by atoms with Gasteiger partial charge < -0.3 is 10.8 Å². The minimum Gasteiger partial charge on any atom is -0.380 e. The van der Waals surface area contributed by atoms with Gasteiger partial charge in [-0.05, 0) is 30.1 Å². The molecule has 0 aromatic rings. The Morgan fingerprint density at radius 2 is 1.43 bits per heavy atom. The molecule has 1 amide bonds. The number of rotatable bonds is 1. The van der Waals surface area contributed by atoms with Crippen LogP contribution in [-0.2, 0) is 4.79 Å². The fourth-order valence-corrected chi connectivity index (χ4v) is 3.24. The van der Waals surface area contributed by atoms with E-state index in [1.54, 1.807) is 0 Å². The topological polar surface area (TPSA) is 63.3 Å². The zero-order chi connectivity index (χ0) is 11.2. The van der Waals surface area contributed by atoms with Crippen LogP contribution in [0.25, 0.3) is 0 Å². The Morgan fingerprint density at radius 3 is 1.71 bits per heavy atom. The van der Waals surface area contributed by atoms with Crippen LogP contribution in [0.1, 0.15) is 47.0 Å². The van der Waals surface area contributed by atoms with Crippen molar-refractivity contribution in [2.45, 2.75) is 52.6 Å². The number of aliphatic hydroxyl groups is 1. The maximum atomic E-state index is 11.2. The van der Waals surface area contributed by atoms with Crippen LogP contribution in [0.4, 0.5) is 0 Å². The van der Waals surface area contributed by atoms with E-state index < -0.39 is 11.5 Å². The summed E-state index contributed by atoms with van der Waals surface area (Å²) in [6, 6.07) is 0. The first kappa shape index (κ1) is 11.5. The first-order valence-electron chi connectivity index (χ1n) is 5.09. The van der Waals surface area contributed by atoms with Gasteiger partial charge in [0.1, 0.15) is 5.60 Å². The summed E-state index contributed by atoms with van der Waals surface area (Å²) in [7, 11) is 0. The molecule has 1 rings (SSSR count). The van der Waals surface area contributed by atoms with Crippen molar-refractivity contribution in [3.05, 3.63) is 0 Å². The second-order valence-electron chi connectivity index (χ2n) is 6.25. The van der Waals surface area contributed by atoms with Crippen LogP contribution in [0.15, 0.2) is 0 Å². The Bertz CT molecular complexity index is 240. The zero-order valence-corrected chi connectivity index (χ0v) is 9.55. The quantitative estimate of drug-likeness (QED) is 0.671. The summed E-state index contributed by atoms with van der Waals surface area (Å²) in [6.07, 6.45) is 1.95. The van der Waals surface area contributed by atoms with E-state index in [0.29, 0.717) is 12.8 Å². The molecule has 0 unspecified atom stereocenters. The Morgan fingerprint density at radius 1 is 1.07 bits per heavy atom. The van der Waals surface area contributed by atoms with Gasteiger partial charge in [-0.15, -0.1) is 0 Å². The highest BCUT2D eigenvalue weighted by Gasteiger charge is 2.49. The van der Waals surface area contributed by atoms with E-state index >= 15 is 0 Å². The molecule has 3 nitrogen and oxygen atoms in total. The third kappa shape index (κ3) is 2.27. The number of carbonyl (C=O) groups excluding carboxylic acids is 1. The van der Waals surface area contributed by atoms with Crippen molar-refractivity contribution in [2.75, 3.05) is 0 Å². The van der Waals surface area contributed by atoms with Gasteiger partial charge in [0.25, 0.3) is 0 Å². The van der Waals surface area contributed by atoms with E-state index in [1.807, 2.05) is 0 Å². The molecule has 0 aromatic carbocycles. The van der Waals surface area contributed by atoms with E-state index in [9.17, 15) is 9.90 Å². The van der Waals surface area contributed by atoms with Gasteiger partial charge in [-0.1, -0.05) is 27.7 Å². The van der Waals surface area contributed by atoms with Crippen LogP contribution in [0.5, 0.6) is 0 Å². The van der Waals surface area contributed by atoms with Gasteiger partial charge in [0.05, 0.1) is 0 Å². The van der Waals surface area contributed by atoms with Gasteiger partial charge >= 0.3 is 0 Å². The Kier molecular flexibility index (Phi) is 2.43.